The first-order valence-electron chi connectivity index (χ1n) is 5.75. The van der Waals surface area contributed by atoms with Crippen LogP contribution >= 0.6 is 0 Å². The van der Waals surface area contributed by atoms with Gasteiger partial charge in [0.05, 0.1) is 6.20 Å². The van der Waals surface area contributed by atoms with Crippen molar-refractivity contribution < 1.29 is 8.42 Å². The maximum atomic E-state index is 12.4. The van der Waals surface area contributed by atoms with Gasteiger partial charge in [0.1, 0.15) is 10.7 Å². The van der Waals surface area contributed by atoms with Crippen LogP contribution in [0.3, 0.4) is 0 Å². The third kappa shape index (κ3) is 2.11. The Hall–Kier alpha value is -1.12. The fourth-order valence-corrected chi connectivity index (χ4v) is 3.63. The number of hydrogen-bond donors (Lipinski definition) is 2. The van der Waals surface area contributed by atoms with E-state index in [4.69, 9.17) is 5.73 Å². The number of likely N-dealkylation sites (N-methyl/N-ethyl adjacent to an activating group) is 1. The second-order valence-electron chi connectivity index (χ2n) is 5.22. The summed E-state index contributed by atoms with van der Waals surface area (Å²) in [5.41, 5.74) is 5.40. The molecule has 0 radical (unpaired) electrons. The molecule has 18 heavy (non-hydrogen) atoms. The minimum Gasteiger partial charge on any atom is -0.383 e. The van der Waals surface area contributed by atoms with Crippen molar-refractivity contribution in [3.63, 3.8) is 0 Å². The Balaban J connectivity index is 2.30. The summed E-state index contributed by atoms with van der Waals surface area (Å²) in [5, 5.41) is 6.12. The second kappa shape index (κ2) is 4.22. The van der Waals surface area contributed by atoms with E-state index in [0.717, 1.165) is 0 Å². The highest BCUT2D eigenvalue weighted by molar-refractivity contribution is 7.89. The molecule has 0 unspecified atom stereocenters. The molecule has 7 nitrogen and oxygen atoms in total. The number of anilines is 1. The summed E-state index contributed by atoms with van der Waals surface area (Å²) in [6.07, 6.45) is 1.26. The second-order valence-corrected chi connectivity index (χ2v) is 7.13. The van der Waals surface area contributed by atoms with E-state index in [9.17, 15) is 8.42 Å². The lowest BCUT2D eigenvalue weighted by Gasteiger charge is -2.44. The van der Waals surface area contributed by atoms with Crippen molar-refractivity contribution in [2.45, 2.75) is 24.3 Å². The summed E-state index contributed by atoms with van der Waals surface area (Å²) in [4.78, 5) is 2.21. The Morgan fingerprint density at radius 2 is 2.11 bits per heavy atom. The number of nitrogens with two attached hydrogens (primary N) is 1. The van der Waals surface area contributed by atoms with E-state index in [1.54, 1.807) is 0 Å². The van der Waals surface area contributed by atoms with E-state index in [1.807, 2.05) is 20.9 Å². The molecule has 102 valence electrons. The summed E-state index contributed by atoms with van der Waals surface area (Å²) in [6.45, 7) is 5.65. The minimum absolute atomic E-state index is 0.0582. The van der Waals surface area contributed by atoms with Gasteiger partial charge in [0, 0.05) is 25.2 Å². The standard InChI is InChI=1S/C10H19N5O2S/c1-10(2)7-15(5-4-14(10)3)18(16,17)8-6-12-13-9(8)11/h6H,4-5,7H2,1-3H3,(H3,11,12,13). The Morgan fingerprint density at radius 1 is 1.44 bits per heavy atom. The predicted molar refractivity (Wildman–Crippen MR) is 68.5 cm³/mol. The molecule has 1 aromatic rings. The number of nitrogens with one attached hydrogen (secondary N) is 1. The molecule has 2 rings (SSSR count). The SMILES string of the molecule is CN1CCN(S(=O)(=O)c2cn[nH]c2N)CC1(C)C. The van der Waals surface area contributed by atoms with Gasteiger partial charge in [-0.2, -0.15) is 9.40 Å². The van der Waals surface area contributed by atoms with Crippen molar-refractivity contribution in [2.75, 3.05) is 32.4 Å². The van der Waals surface area contributed by atoms with Gasteiger partial charge in [0.15, 0.2) is 0 Å². The molecule has 0 aliphatic carbocycles. The maximum Gasteiger partial charge on any atom is 0.248 e. The van der Waals surface area contributed by atoms with Crippen LogP contribution in [0.1, 0.15) is 13.8 Å². The third-order valence-corrected chi connectivity index (χ3v) is 5.40. The van der Waals surface area contributed by atoms with E-state index in [0.29, 0.717) is 19.6 Å². The lowest BCUT2D eigenvalue weighted by atomic mass is 10.0. The Bertz CT molecular complexity index is 536. The molecule has 1 fully saturated rings. The van der Waals surface area contributed by atoms with Crippen molar-refractivity contribution in [3.8, 4) is 0 Å². The number of aromatic amines is 1. The van der Waals surface area contributed by atoms with Crippen LogP contribution in [0.5, 0.6) is 0 Å². The van der Waals surface area contributed by atoms with Gasteiger partial charge < -0.3 is 5.73 Å². The molecule has 1 aromatic heterocycles. The third-order valence-electron chi connectivity index (χ3n) is 3.53. The average molecular weight is 273 g/mol. The number of hydrogen-bond acceptors (Lipinski definition) is 5. The van der Waals surface area contributed by atoms with Gasteiger partial charge in [-0.3, -0.25) is 10.00 Å². The fraction of sp³-hybridized carbons (Fsp3) is 0.700. The molecular weight excluding hydrogens is 254 g/mol. The fourth-order valence-electron chi connectivity index (χ4n) is 2.03. The van der Waals surface area contributed by atoms with Crippen LogP contribution in [0.4, 0.5) is 5.82 Å². The smallest absolute Gasteiger partial charge is 0.248 e. The van der Waals surface area contributed by atoms with Crippen LogP contribution < -0.4 is 5.73 Å². The summed E-state index contributed by atoms with van der Waals surface area (Å²) in [5.74, 6) is 0.0896. The molecule has 0 spiro atoms. The molecule has 0 bridgehead atoms. The topological polar surface area (TPSA) is 95.3 Å². The molecule has 1 aliphatic heterocycles. The molecule has 2 heterocycles. The first kappa shape index (κ1) is 13.3. The first-order chi connectivity index (χ1) is 8.25. The lowest BCUT2D eigenvalue weighted by Crippen LogP contribution is -2.58. The molecule has 8 heteroatoms. The normalized spacial score (nSPS) is 22.2. The van der Waals surface area contributed by atoms with Crippen LogP contribution in [0, 0.1) is 0 Å². The molecule has 0 atom stereocenters. The largest absolute Gasteiger partial charge is 0.383 e. The first-order valence-corrected chi connectivity index (χ1v) is 7.19. The van der Waals surface area contributed by atoms with E-state index in [2.05, 4.69) is 15.1 Å². The van der Waals surface area contributed by atoms with Crippen LogP contribution in [-0.2, 0) is 10.0 Å². The predicted octanol–water partition coefficient (Wildman–Crippen LogP) is -0.293. The van der Waals surface area contributed by atoms with Gasteiger partial charge >= 0.3 is 0 Å². The summed E-state index contributed by atoms with van der Waals surface area (Å²) < 4.78 is 26.3. The number of H-pyrrole nitrogens is 1. The van der Waals surface area contributed by atoms with Crippen LogP contribution in [0.15, 0.2) is 11.1 Å². The number of aromatic nitrogens is 2. The number of rotatable bonds is 2. The molecule has 3 N–H and O–H groups in total. The lowest BCUT2D eigenvalue weighted by molar-refractivity contribution is 0.0802. The van der Waals surface area contributed by atoms with E-state index in [1.165, 1.54) is 10.5 Å². The summed E-state index contributed by atoms with van der Waals surface area (Å²) in [6, 6.07) is 0. The van der Waals surface area contributed by atoms with Crippen LogP contribution in [-0.4, -0.2) is 60.0 Å². The highest BCUT2D eigenvalue weighted by atomic mass is 32.2. The number of nitrogens with zero attached hydrogens (tertiary/aromatic N) is 3. The van der Waals surface area contributed by atoms with E-state index >= 15 is 0 Å². The Labute approximate surface area is 107 Å². The highest BCUT2D eigenvalue weighted by Crippen LogP contribution is 2.26. The zero-order valence-electron chi connectivity index (χ0n) is 10.8. The molecule has 1 saturated heterocycles. The van der Waals surface area contributed by atoms with Gasteiger partial charge in [-0.05, 0) is 20.9 Å². The zero-order chi connectivity index (χ0) is 13.6. The summed E-state index contributed by atoms with van der Waals surface area (Å²) >= 11 is 0. The Kier molecular flexibility index (Phi) is 3.12. The van der Waals surface area contributed by atoms with Crippen molar-refractivity contribution in [1.29, 1.82) is 0 Å². The van der Waals surface area contributed by atoms with Crippen LogP contribution in [0.25, 0.3) is 0 Å². The minimum atomic E-state index is -3.56. The van der Waals surface area contributed by atoms with Gasteiger partial charge in [0.2, 0.25) is 10.0 Å². The van der Waals surface area contributed by atoms with Gasteiger partial charge in [-0.1, -0.05) is 0 Å². The zero-order valence-corrected chi connectivity index (χ0v) is 11.7. The Morgan fingerprint density at radius 3 is 2.61 bits per heavy atom. The van der Waals surface area contributed by atoms with E-state index in [-0.39, 0.29) is 16.3 Å². The van der Waals surface area contributed by atoms with Gasteiger partial charge in [0.25, 0.3) is 0 Å². The summed E-state index contributed by atoms with van der Waals surface area (Å²) in [7, 11) is -1.56. The number of sulfonamides is 1. The van der Waals surface area contributed by atoms with Crippen molar-refractivity contribution in [3.05, 3.63) is 6.20 Å². The van der Waals surface area contributed by atoms with Crippen molar-refractivity contribution in [1.82, 2.24) is 19.4 Å². The quantitative estimate of drug-likeness (QED) is 0.772. The molecular formula is C10H19N5O2S. The van der Waals surface area contributed by atoms with E-state index < -0.39 is 10.0 Å². The van der Waals surface area contributed by atoms with Gasteiger partial charge in [-0.15, -0.1) is 0 Å². The molecule has 0 amide bonds. The molecule has 0 aromatic carbocycles. The number of nitrogen functional groups attached to an aromatic ring is 1. The van der Waals surface area contributed by atoms with Crippen molar-refractivity contribution >= 4 is 15.8 Å². The number of piperazine rings is 1. The molecule has 0 saturated carbocycles. The highest BCUT2D eigenvalue weighted by Gasteiger charge is 2.38. The maximum absolute atomic E-state index is 12.4. The van der Waals surface area contributed by atoms with Gasteiger partial charge in [-0.25, -0.2) is 8.42 Å². The molecule has 1 aliphatic rings. The average Bonchev–Trinajstić information content (AvgIpc) is 2.69. The van der Waals surface area contributed by atoms with Crippen LogP contribution in [0.2, 0.25) is 0 Å². The van der Waals surface area contributed by atoms with Crippen molar-refractivity contribution in [2.24, 2.45) is 0 Å². The monoisotopic (exact) mass is 273 g/mol.